The maximum atomic E-state index is 5.24. The topological polar surface area (TPSA) is 3.24 Å². The maximum absolute atomic E-state index is 5.24. The molecule has 9 heavy (non-hydrogen) atoms. The second-order valence-electron chi connectivity index (χ2n) is 2.92. The molecule has 1 unspecified atom stereocenters. The van der Waals surface area contributed by atoms with Gasteiger partial charge >= 0.3 is 0 Å². The van der Waals surface area contributed by atoms with Gasteiger partial charge in [0.2, 0.25) is 0 Å². The van der Waals surface area contributed by atoms with Crippen LogP contribution >= 0.6 is 0 Å². The summed E-state index contributed by atoms with van der Waals surface area (Å²) in [6.45, 7) is 5.53. The molecule has 0 aromatic rings. The van der Waals surface area contributed by atoms with Crippen LogP contribution in [0.3, 0.4) is 0 Å². The molecule has 50 valence electrons. The fourth-order valence-electron chi connectivity index (χ4n) is 1.26. The molecule has 0 spiro atoms. The van der Waals surface area contributed by atoms with Crippen molar-refractivity contribution in [3.05, 3.63) is 0 Å². The van der Waals surface area contributed by atoms with Crippen LogP contribution < -0.4 is 0 Å². The summed E-state index contributed by atoms with van der Waals surface area (Å²) in [6, 6.07) is 3.33. The Bertz CT molecular complexity index is 132. The first-order valence-corrected chi connectivity index (χ1v) is 3.48. The Labute approximate surface area is 57.0 Å². The van der Waals surface area contributed by atoms with Crippen LogP contribution in [0.1, 0.15) is 20.3 Å². The van der Waals surface area contributed by atoms with Crippen LogP contribution in [-0.2, 0) is 0 Å². The molecule has 0 amide bonds. The van der Waals surface area contributed by atoms with Crippen molar-refractivity contribution < 1.29 is 0 Å². The maximum Gasteiger partial charge on any atom is 0.0411 e. The first-order valence-electron chi connectivity index (χ1n) is 3.48. The molecule has 0 bridgehead atoms. The van der Waals surface area contributed by atoms with Gasteiger partial charge in [-0.2, -0.15) is 0 Å². The smallest absolute Gasteiger partial charge is 0.0411 e. The van der Waals surface area contributed by atoms with E-state index < -0.39 is 0 Å². The van der Waals surface area contributed by atoms with E-state index in [9.17, 15) is 0 Å². The fraction of sp³-hybridized carbons (Fsp3) is 0.750. The Morgan fingerprint density at radius 1 is 1.67 bits per heavy atom. The molecular formula is C8H13N. The molecule has 1 saturated heterocycles. The van der Waals surface area contributed by atoms with Crippen LogP contribution in [0.15, 0.2) is 0 Å². The molecular weight excluding hydrogens is 110 g/mol. The molecule has 0 N–H and O–H groups in total. The zero-order valence-corrected chi connectivity index (χ0v) is 6.09. The van der Waals surface area contributed by atoms with E-state index in [0.29, 0.717) is 6.04 Å². The first kappa shape index (κ1) is 6.48. The van der Waals surface area contributed by atoms with E-state index in [-0.39, 0.29) is 0 Å². The number of nitrogens with zero attached hydrogens (tertiary/aromatic N) is 1. The minimum absolute atomic E-state index is 0.662. The first-order chi connectivity index (χ1) is 4.25. The van der Waals surface area contributed by atoms with Crippen LogP contribution in [0.2, 0.25) is 0 Å². The Kier molecular flexibility index (Phi) is 1.66. The van der Waals surface area contributed by atoms with Crippen molar-refractivity contribution >= 4 is 0 Å². The van der Waals surface area contributed by atoms with Gasteiger partial charge in [0.05, 0.1) is 0 Å². The van der Waals surface area contributed by atoms with Gasteiger partial charge in [0.15, 0.2) is 0 Å². The van der Waals surface area contributed by atoms with Gasteiger partial charge in [-0.15, -0.1) is 0 Å². The highest BCUT2D eigenvalue weighted by Gasteiger charge is 2.27. The Morgan fingerprint density at radius 3 is 2.44 bits per heavy atom. The minimum atomic E-state index is 0.662. The third kappa shape index (κ3) is 1.03. The number of likely N-dealkylation sites (tertiary alicyclic amines) is 1. The molecule has 1 aliphatic rings. The molecule has 0 radical (unpaired) electrons. The van der Waals surface area contributed by atoms with E-state index in [0.717, 1.165) is 12.5 Å². The molecule has 1 heteroatoms. The number of hydrogen-bond acceptors (Lipinski definition) is 1. The lowest BCUT2D eigenvalue weighted by atomic mass is 9.93. The Balaban J connectivity index is 2.38. The van der Waals surface area contributed by atoms with E-state index in [1.807, 2.05) is 0 Å². The van der Waals surface area contributed by atoms with Crippen LogP contribution in [0, 0.1) is 18.4 Å². The van der Waals surface area contributed by atoms with Crippen LogP contribution in [0.5, 0.6) is 0 Å². The summed E-state index contributed by atoms with van der Waals surface area (Å²) in [5, 5.41) is 0. The molecule has 0 aliphatic carbocycles. The van der Waals surface area contributed by atoms with Gasteiger partial charge in [0, 0.05) is 18.6 Å². The van der Waals surface area contributed by atoms with Crippen LogP contribution in [0.4, 0.5) is 0 Å². The largest absolute Gasteiger partial charge is 0.329 e. The summed E-state index contributed by atoms with van der Waals surface area (Å²) < 4.78 is 0. The van der Waals surface area contributed by atoms with Crippen molar-refractivity contribution in [3.8, 4) is 12.5 Å². The minimum Gasteiger partial charge on any atom is -0.329 e. The molecule has 1 fully saturated rings. The monoisotopic (exact) mass is 123 g/mol. The lowest BCUT2D eigenvalue weighted by Crippen LogP contribution is -2.47. The van der Waals surface area contributed by atoms with Gasteiger partial charge in [-0.1, -0.05) is 20.3 Å². The molecule has 1 atom stereocenters. The highest BCUT2D eigenvalue weighted by atomic mass is 15.2. The standard InChI is InChI=1S/C8H13N/c1-4-9-6-5-8(9)7(2)3/h1,7-8H,5-6H2,2-3H3. The second-order valence-corrected chi connectivity index (χ2v) is 2.92. The SMILES string of the molecule is C#CN1CCC1C(C)C. The van der Waals surface area contributed by atoms with Crippen molar-refractivity contribution in [1.82, 2.24) is 4.90 Å². The highest BCUT2D eigenvalue weighted by Crippen LogP contribution is 2.22. The average molecular weight is 123 g/mol. The normalized spacial score (nSPS) is 25.6. The van der Waals surface area contributed by atoms with Gasteiger partial charge in [-0.05, 0) is 12.3 Å². The Morgan fingerprint density at radius 2 is 2.33 bits per heavy atom. The molecule has 0 aromatic carbocycles. The van der Waals surface area contributed by atoms with Gasteiger partial charge in [-0.25, -0.2) is 0 Å². The van der Waals surface area contributed by atoms with Crippen molar-refractivity contribution in [2.75, 3.05) is 6.54 Å². The van der Waals surface area contributed by atoms with Gasteiger partial charge < -0.3 is 4.90 Å². The average Bonchev–Trinajstić information content (AvgIpc) is 1.61. The zero-order valence-electron chi connectivity index (χ0n) is 6.09. The third-order valence-electron chi connectivity index (χ3n) is 2.00. The molecule has 1 aliphatic heterocycles. The lowest BCUT2D eigenvalue weighted by Gasteiger charge is -2.40. The van der Waals surface area contributed by atoms with E-state index >= 15 is 0 Å². The summed E-state index contributed by atoms with van der Waals surface area (Å²) in [4.78, 5) is 2.07. The van der Waals surface area contributed by atoms with Gasteiger partial charge in [-0.3, -0.25) is 0 Å². The summed E-state index contributed by atoms with van der Waals surface area (Å²) in [5.41, 5.74) is 0. The molecule has 0 saturated carbocycles. The lowest BCUT2D eigenvalue weighted by molar-refractivity contribution is 0.124. The molecule has 1 nitrogen and oxygen atoms in total. The summed E-state index contributed by atoms with van der Waals surface area (Å²) in [7, 11) is 0. The summed E-state index contributed by atoms with van der Waals surface area (Å²) in [6.07, 6.45) is 6.52. The molecule has 1 rings (SSSR count). The van der Waals surface area contributed by atoms with Crippen molar-refractivity contribution in [1.29, 1.82) is 0 Å². The van der Waals surface area contributed by atoms with Crippen LogP contribution in [0.25, 0.3) is 0 Å². The van der Waals surface area contributed by atoms with Crippen molar-refractivity contribution in [2.45, 2.75) is 26.3 Å². The molecule has 1 heterocycles. The summed E-state index contributed by atoms with van der Waals surface area (Å²) in [5.74, 6) is 0.717. The van der Waals surface area contributed by atoms with E-state index in [2.05, 4.69) is 24.8 Å². The van der Waals surface area contributed by atoms with E-state index in [1.54, 1.807) is 0 Å². The number of rotatable bonds is 1. The number of hydrogen-bond donors (Lipinski definition) is 0. The van der Waals surface area contributed by atoms with Crippen LogP contribution in [-0.4, -0.2) is 17.5 Å². The van der Waals surface area contributed by atoms with E-state index in [4.69, 9.17) is 6.42 Å². The van der Waals surface area contributed by atoms with E-state index in [1.165, 1.54) is 6.42 Å². The predicted molar refractivity (Wildman–Crippen MR) is 38.8 cm³/mol. The van der Waals surface area contributed by atoms with Crippen molar-refractivity contribution in [2.24, 2.45) is 5.92 Å². The second kappa shape index (κ2) is 2.31. The zero-order chi connectivity index (χ0) is 6.85. The fourth-order valence-corrected chi connectivity index (χ4v) is 1.26. The quantitative estimate of drug-likeness (QED) is 0.475. The molecule has 0 aromatic heterocycles. The van der Waals surface area contributed by atoms with Gasteiger partial charge in [0.1, 0.15) is 0 Å². The van der Waals surface area contributed by atoms with Gasteiger partial charge in [0.25, 0.3) is 0 Å². The third-order valence-corrected chi connectivity index (χ3v) is 2.00. The predicted octanol–water partition coefficient (Wildman–Crippen LogP) is 1.31. The Hall–Kier alpha value is -0.640. The highest BCUT2D eigenvalue weighted by molar-refractivity contribution is 4.97. The number of terminal acetylenes is 1. The van der Waals surface area contributed by atoms with Crippen molar-refractivity contribution in [3.63, 3.8) is 0 Å². The summed E-state index contributed by atoms with van der Waals surface area (Å²) >= 11 is 0.